The molecule has 0 saturated carbocycles. The van der Waals surface area contributed by atoms with Crippen LogP contribution < -0.4 is 10.6 Å². The fourth-order valence-corrected chi connectivity index (χ4v) is 2.04. The zero-order valence-electron chi connectivity index (χ0n) is 12.3. The molecule has 2 aromatic rings. The van der Waals surface area contributed by atoms with Crippen molar-refractivity contribution in [3.63, 3.8) is 0 Å². The largest absolute Gasteiger partial charge is 0.345 e. The number of hydrogen-bond donors (Lipinski definition) is 2. The summed E-state index contributed by atoms with van der Waals surface area (Å²) < 4.78 is 0. The molecule has 0 fully saturated rings. The lowest BCUT2D eigenvalue weighted by atomic mass is 10.2. The molecule has 114 valence electrons. The predicted molar refractivity (Wildman–Crippen MR) is 88.6 cm³/mol. The van der Waals surface area contributed by atoms with E-state index in [1.54, 1.807) is 62.6 Å². The van der Waals surface area contributed by atoms with Gasteiger partial charge in [0.15, 0.2) is 0 Å². The number of hydrogen-bond acceptors (Lipinski definition) is 2. The zero-order valence-corrected chi connectivity index (χ0v) is 13.0. The van der Waals surface area contributed by atoms with Gasteiger partial charge in [-0.25, -0.2) is 4.79 Å². The highest BCUT2D eigenvalue weighted by molar-refractivity contribution is 6.30. The smallest absolute Gasteiger partial charge is 0.323 e. The number of nitrogens with zero attached hydrogens (tertiary/aromatic N) is 1. The normalized spacial score (nSPS) is 9.95. The minimum Gasteiger partial charge on any atom is -0.345 e. The van der Waals surface area contributed by atoms with Crippen molar-refractivity contribution in [2.24, 2.45) is 0 Å². The Morgan fingerprint density at radius 3 is 2.14 bits per heavy atom. The maximum absolute atomic E-state index is 11.9. The molecule has 0 unspecified atom stereocenters. The highest BCUT2D eigenvalue weighted by Crippen LogP contribution is 2.16. The SMILES string of the molecule is CN(C)C(=O)c1cccc(NC(=O)Nc2cccc(Cl)c2)c1. The standard InChI is InChI=1S/C16H16ClN3O2/c1-20(2)15(21)11-5-3-7-13(9-11)18-16(22)19-14-8-4-6-12(17)10-14/h3-10H,1-2H3,(H2,18,19,22). The van der Waals surface area contributed by atoms with Gasteiger partial charge in [0.05, 0.1) is 0 Å². The van der Waals surface area contributed by atoms with Crippen LogP contribution in [0.2, 0.25) is 5.02 Å². The first kappa shape index (κ1) is 15.9. The summed E-state index contributed by atoms with van der Waals surface area (Å²) in [5.74, 6) is -0.126. The van der Waals surface area contributed by atoms with Crippen LogP contribution in [0.25, 0.3) is 0 Å². The lowest BCUT2D eigenvalue weighted by Crippen LogP contribution is -2.22. The molecule has 2 rings (SSSR count). The second-order valence-corrected chi connectivity index (χ2v) is 5.31. The van der Waals surface area contributed by atoms with Gasteiger partial charge in [-0.3, -0.25) is 4.79 Å². The van der Waals surface area contributed by atoms with Gasteiger partial charge in [0.25, 0.3) is 5.91 Å². The molecule has 0 aliphatic carbocycles. The van der Waals surface area contributed by atoms with E-state index >= 15 is 0 Å². The summed E-state index contributed by atoms with van der Waals surface area (Å²) in [5.41, 5.74) is 1.63. The molecule has 0 atom stereocenters. The molecule has 6 heteroatoms. The molecule has 0 saturated heterocycles. The number of urea groups is 1. The Morgan fingerprint density at radius 2 is 1.55 bits per heavy atom. The summed E-state index contributed by atoms with van der Waals surface area (Å²) >= 11 is 5.86. The molecule has 0 bridgehead atoms. The molecule has 2 aromatic carbocycles. The number of anilines is 2. The Hall–Kier alpha value is -2.53. The van der Waals surface area contributed by atoms with Crippen LogP contribution in [0.5, 0.6) is 0 Å². The van der Waals surface area contributed by atoms with Crippen molar-refractivity contribution in [2.45, 2.75) is 0 Å². The average molecular weight is 318 g/mol. The lowest BCUT2D eigenvalue weighted by molar-refractivity contribution is 0.0827. The highest BCUT2D eigenvalue weighted by Gasteiger charge is 2.09. The molecule has 22 heavy (non-hydrogen) atoms. The minimum atomic E-state index is -0.406. The van der Waals surface area contributed by atoms with E-state index in [0.29, 0.717) is 22.0 Å². The second-order valence-electron chi connectivity index (χ2n) is 4.87. The van der Waals surface area contributed by atoms with Crippen LogP contribution in [0, 0.1) is 0 Å². The first-order valence-electron chi connectivity index (χ1n) is 6.61. The van der Waals surface area contributed by atoms with Crippen molar-refractivity contribution < 1.29 is 9.59 Å². The highest BCUT2D eigenvalue weighted by atomic mass is 35.5. The van der Waals surface area contributed by atoms with Gasteiger partial charge in [0.2, 0.25) is 0 Å². The number of amides is 3. The first-order valence-corrected chi connectivity index (χ1v) is 6.99. The van der Waals surface area contributed by atoms with E-state index in [0.717, 1.165) is 0 Å². The van der Waals surface area contributed by atoms with Crippen molar-refractivity contribution in [1.82, 2.24) is 4.90 Å². The summed E-state index contributed by atoms with van der Waals surface area (Å²) in [6, 6.07) is 13.2. The van der Waals surface area contributed by atoms with Gasteiger partial charge in [-0.05, 0) is 36.4 Å². The number of carbonyl (C=O) groups excluding carboxylic acids is 2. The average Bonchev–Trinajstić information content (AvgIpc) is 2.46. The maximum atomic E-state index is 11.9. The summed E-state index contributed by atoms with van der Waals surface area (Å²) in [7, 11) is 3.35. The molecule has 2 N–H and O–H groups in total. The number of benzene rings is 2. The maximum Gasteiger partial charge on any atom is 0.323 e. The summed E-state index contributed by atoms with van der Waals surface area (Å²) in [6.07, 6.45) is 0. The number of halogens is 1. The first-order chi connectivity index (χ1) is 10.5. The van der Waals surface area contributed by atoms with Crippen LogP contribution in [-0.2, 0) is 0 Å². The third-order valence-electron chi connectivity index (χ3n) is 2.86. The van der Waals surface area contributed by atoms with E-state index in [1.165, 1.54) is 4.90 Å². The molecule has 0 aliphatic rings. The summed E-state index contributed by atoms with van der Waals surface area (Å²) in [5, 5.41) is 5.89. The molecule has 0 spiro atoms. The second kappa shape index (κ2) is 6.95. The Bertz CT molecular complexity index is 701. The summed E-state index contributed by atoms with van der Waals surface area (Å²) in [6.45, 7) is 0. The van der Waals surface area contributed by atoms with E-state index < -0.39 is 6.03 Å². The minimum absolute atomic E-state index is 0.126. The number of carbonyl (C=O) groups is 2. The van der Waals surface area contributed by atoms with E-state index in [2.05, 4.69) is 10.6 Å². The van der Waals surface area contributed by atoms with Gasteiger partial charge in [-0.1, -0.05) is 23.7 Å². The third-order valence-corrected chi connectivity index (χ3v) is 3.09. The van der Waals surface area contributed by atoms with Gasteiger partial charge in [0.1, 0.15) is 0 Å². The van der Waals surface area contributed by atoms with E-state index in [-0.39, 0.29) is 5.91 Å². The van der Waals surface area contributed by atoms with Gasteiger partial charge in [-0.15, -0.1) is 0 Å². The van der Waals surface area contributed by atoms with Gasteiger partial charge in [0, 0.05) is 36.1 Å². The van der Waals surface area contributed by atoms with Crippen LogP contribution in [0.1, 0.15) is 10.4 Å². The van der Waals surface area contributed by atoms with Crippen molar-refractivity contribution in [1.29, 1.82) is 0 Å². The van der Waals surface area contributed by atoms with Gasteiger partial charge < -0.3 is 15.5 Å². The molecular weight excluding hydrogens is 302 g/mol. The Kier molecular flexibility index (Phi) is 5.01. The molecule has 0 heterocycles. The van der Waals surface area contributed by atoms with Crippen LogP contribution in [0.3, 0.4) is 0 Å². The number of nitrogens with one attached hydrogen (secondary N) is 2. The monoisotopic (exact) mass is 317 g/mol. The Morgan fingerprint density at radius 1 is 0.955 bits per heavy atom. The van der Waals surface area contributed by atoms with Crippen molar-refractivity contribution in [3.8, 4) is 0 Å². The van der Waals surface area contributed by atoms with Crippen molar-refractivity contribution in [2.75, 3.05) is 24.7 Å². The van der Waals surface area contributed by atoms with E-state index in [9.17, 15) is 9.59 Å². The molecule has 5 nitrogen and oxygen atoms in total. The zero-order chi connectivity index (χ0) is 16.1. The topological polar surface area (TPSA) is 61.4 Å². The quantitative estimate of drug-likeness (QED) is 0.907. The fraction of sp³-hybridized carbons (Fsp3) is 0.125. The van der Waals surface area contributed by atoms with E-state index in [4.69, 9.17) is 11.6 Å². The van der Waals surface area contributed by atoms with Crippen LogP contribution in [0.15, 0.2) is 48.5 Å². The third kappa shape index (κ3) is 4.23. The van der Waals surface area contributed by atoms with Gasteiger partial charge >= 0.3 is 6.03 Å². The van der Waals surface area contributed by atoms with Crippen LogP contribution in [-0.4, -0.2) is 30.9 Å². The van der Waals surface area contributed by atoms with Gasteiger partial charge in [-0.2, -0.15) is 0 Å². The van der Waals surface area contributed by atoms with Crippen LogP contribution in [0.4, 0.5) is 16.2 Å². The lowest BCUT2D eigenvalue weighted by Gasteiger charge is -2.12. The molecule has 3 amide bonds. The van der Waals surface area contributed by atoms with Crippen molar-refractivity contribution >= 4 is 34.9 Å². The molecule has 0 radical (unpaired) electrons. The fourth-order valence-electron chi connectivity index (χ4n) is 1.85. The van der Waals surface area contributed by atoms with E-state index in [1.807, 2.05) is 0 Å². The van der Waals surface area contributed by atoms with Crippen molar-refractivity contribution in [3.05, 3.63) is 59.1 Å². The van der Waals surface area contributed by atoms with Crippen LogP contribution >= 0.6 is 11.6 Å². The summed E-state index contributed by atoms with van der Waals surface area (Å²) in [4.78, 5) is 25.3. The molecule has 0 aromatic heterocycles. The Labute approximate surface area is 133 Å². The Balaban J connectivity index is 2.06. The molecular formula is C16H16ClN3O2. The predicted octanol–water partition coefficient (Wildman–Crippen LogP) is 3.69. The molecule has 0 aliphatic heterocycles. The number of rotatable bonds is 3.